The van der Waals surface area contributed by atoms with Gasteiger partial charge in [-0.2, -0.15) is 0 Å². The van der Waals surface area contributed by atoms with Crippen LogP contribution in [0.3, 0.4) is 0 Å². The number of rotatable bonds is 6. The number of amides is 2. The average molecular weight is 380 g/mol. The first kappa shape index (κ1) is 19.6. The molecule has 6 nitrogen and oxygen atoms in total. The molecule has 0 aromatic heterocycles. The molecular weight excluding hydrogens is 356 g/mol. The summed E-state index contributed by atoms with van der Waals surface area (Å²) in [7, 11) is 0. The number of aromatic carboxylic acids is 1. The van der Waals surface area contributed by atoms with Crippen LogP contribution < -0.4 is 0 Å². The van der Waals surface area contributed by atoms with Crippen LogP contribution in [0, 0.1) is 0 Å². The van der Waals surface area contributed by atoms with Crippen LogP contribution in [-0.2, 0) is 11.2 Å². The van der Waals surface area contributed by atoms with Gasteiger partial charge in [-0.3, -0.25) is 9.59 Å². The molecule has 1 aliphatic heterocycles. The summed E-state index contributed by atoms with van der Waals surface area (Å²) in [6, 6.07) is 16.2. The van der Waals surface area contributed by atoms with Crippen LogP contribution in [0.1, 0.15) is 39.1 Å². The number of hydrogen-bond acceptors (Lipinski definition) is 3. The van der Waals surface area contributed by atoms with Gasteiger partial charge in [-0.1, -0.05) is 36.4 Å². The smallest absolute Gasteiger partial charge is 0.335 e. The van der Waals surface area contributed by atoms with E-state index in [-0.39, 0.29) is 17.4 Å². The topological polar surface area (TPSA) is 77.9 Å². The molecule has 1 saturated heterocycles. The first-order chi connectivity index (χ1) is 13.5. The molecule has 2 aromatic rings. The fourth-order valence-corrected chi connectivity index (χ4v) is 3.37. The van der Waals surface area contributed by atoms with Crippen LogP contribution in [-0.4, -0.2) is 58.9 Å². The van der Waals surface area contributed by atoms with Crippen molar-refractivity contribution in [1.82, 2.24) is 9.80 Å². The minimum Gasteiger partial charge on any atom is -0.478 e. The molecule has 1 fully saturated rings. The Hall–Kier alpha value is -3.15. The molecule has 0 aliphatic carbocycles. The third-order valence-corrected chi connectivity index (χ3v) is 4.97. The Morgan fingerprint density at radius 1 is 0.821 bits per heavy atom. The highest BCUT2D eigenvalue weighted by Gasteiger charge is 2.25. The van der Waals surface area contributed by atoms with Gasteiger partial charge in [-0.15, -0.1) is 0 Å². The standard InChI is InChI=1S/C22H24N2O4/c25-20(11-4-8-17-6-2-1-3-7-17)23-12-14-24(15-13-23)21(26)18-9-5-10-19(16-18)22(27)28/h1-3,5-7,9-10,16H,4,8,11-15H2,(H,27,28). The molecule has 2 aromatic carbocycles. The Labute approximate surface area is 164 Å². The zero-order chi connectivity index (χ0) is 19.9. The fourth-order valence-electron chi connectivity index (χ4n) is 3.37. The van der Waals surface area contributed by atoms with Crippen LogP contribution >= 0.6 is 0 Å². The SMILES string of the molecule is O=C(O)c1cccc(C(=O)N2CCN(C(=O)CCCc3ccccc3)CC2)c1. The first-order valence-electron chi connectivity index (χ1n) is 9.49. The van der Waals surface area contributed by atoms with E-state index in [0.29, 0.717) is 38.2 Å². The van der Waals surface area contributed by atoms with Gasteiger partial charge in [-0.05, 0) is 36.6 Å². The Morgan fingerprint density at radius 3 is 2.14 bits per heavy atom. The molecule has 0 unspecified atom stereocenters. The highest BCUT2D eigenvalue weighted by atomic mass is 16.4. The number of piperazine rings is 1. The van der Waals surface area contributed by atoms with Crippen LogP contribution in [0.2, 0.25) is 0 Å². The van der Waals surface area contributed by atoms with Gasteiger partial charge in [0.2, 0.25) is 5.91 Å². The Kier molecular flexibility index (Phi) is 6.42. The molecule has 0 radical (unpaired) electrons. The van der Waals surface area contributed by atoms with E-state index in [4.69, 9.17) is 5.11 Å². The summed E-state index contributed by atoms with van der Waals surface area (Å²) in [5.41, 5.74) is 1.69. The maximum Gasteiger partial charge on any atom is 0.335 e. The maximum atomic E-state index is 12.6. The van der Waals surface area contributed by atoms with Gasteiger partial charge in [0.15, 0.2) is 0 Å². The molecule has 0 spiro atoms. The van der Waals surface area contributed by atoms with E-state index in [0.717, 1.165) is 12.8 Å². The third-order valence-electron chi connectivity index (χ3n) is 4.97. The van der Waals surface area contributed by atoms with E-state index in [1.54, 1.807) is 17.0 Å². The van der Waals surface area contributed by atoms with Crippen LogP contribution in [0.5, 0.6) is 0 Å². The Balaban J connectivity index is 1.47. The van der Waals surface area contributed by atoms with Gasteiger partial charge >= 0.3 is 5.97 Å². The second-order valence-corrected chi connectivity index (χ2v) is 6.90. The minimum absolute atomic E-state index is 0.0954. The molecule has 146 valence electrons. The van der Waals surface area contributed by atoms with Crippen molar-refractivity contribution in [1.29, 1.82) is 0 Å². The van der Waals surface area contributed by atoms with Crippen molar-refractivity contribution in [3.8, 4) is 0 Å². The molecule has 0 saturated carbocycles. The van der Waals surface area contributed by atoms with E-state index < -0.39 is 5.97 Å². The molecule has 0 atom stereocenters. The van der Waals surface area contributed by atoms with Gasteiger partial charge in [0.05, 0.1) is 5.56 Å². The zero-order valence-corrected chi connectivity index (χ0v) is 15.7. The van der Waals surface area contributed by atoms with E-state index in [2.05, 4.69) is 12.1 Å². The Morgan fingerprint density at radius 2 is 1.46 bits per heavy atom. The van der Waals surface area contributed by atoms with Crippen LogP contribution in [0.4, 0.5) is 0 Å². The van der Waals surface area contributed by atoms with Crippen molar-refractivity contribution >= 4 is 17.8 Å². The first-order valence-corrected chi connectivity index (χ1v) is 9.49. The summed E-state index contributed by atoms with van der Waals surface area (Å²) in [4.78, 5) is 39.6. The number of benzene rings is 2. The second-order valence-electron chi connectivity index (χ2n) is 6.90. The van der Waals surface area contributed by atoms with Gasteiger partial charge in [0.1, 0.15) is 0 Å². The predicted octanol–water partition coefficient (Wildman–Crippen LogP) is 2.69. The lowest BCUT2D eigenvalue weighted by molar-refractivity contribution is -0.132. The third kappa shape index (κ3) is 4.97. The van der Waals surface area contributed by atoms with E-state index in [1.807, 2.05) is 23.1 Å². The molecule has 1 N–H and O–H groups in total. The quantitative estimate of drug-likeness (QED) is 0.836. The van der Waals surface area contributed by atoms with Crippen molar-refractivity contribution in [3.05, 3.63) is 71.3 Å². The molecule has 1 heterocycles. The number of carboxylic acids is 1. The highest BCUT2D eigenvalue weighted by molar-refractivity contribution is 5.97. The number of nitrogens with zero attached hydrogens (tertiary/aromatic N) is 2. The van der Waals surface area contributed by atoms with E-state index in [9.17, 15) is 14.4 Å². The second kappa shape index (κ2) is 9.17. The summed E-state index contributed by atoms with van der Waals surface area (Å²) in [6.07, 6.45) is 2.19. The number of carbonyl (C=O) groups excluding carboxylic acids is 2. The number of carbonyl (C=O) groups is 3. The predicted molar refractivity (Wildman–Crippen MR) is 105 cm³/mol. The van der Waals surface area contributed by atoms with Crippen molar-refractivity contribution < 1.29 is 19.5 Å². The highest BCUT2D eigenvalue weighted by Crippen LogP contribution is 2.13. The van der Waals surface area contributed by atoms with Crippen molar-refractivity contribution in [3.63, 3.8) is 0 Å². The van der Waals surface area contributed by atoms with Gasteiger partial charge < -0.3 is 14.9 Å². The monoisotopic (exact) mass is 380 g/mol. The fraction of sp³-hybridized carbons (Fsp3) is 0.318. The molecule has 6 heteroatoms. The largest absolute Gasteiger partial charge is 0.478 e. The van der Waals surface area contributed by atoms with Gasteiger partial charge in [0, 0.05) is 38.2 Å². The van der Waals surface area contributed by atoms with Crippen molar-refractivity contribution in [2.45, 2.75) is 19.3 Å². The number of carboxylic acid groups (broad SMARTS) is 1. The number of aryl methyl sites for hydroxylation is 1. The average Bonchev–Trinajstić information content (AvgIpc) is 2.74. The van der Waals surface area contributed by atoms with Crippen LogP contribution in [0.25, 0.3) is 0 Å². The van der Waals surface area contributed by atoms with Crippen LogP contribution in [0.15, 0.2) is 54.6 Å². The summed E-state index contributed by atoms with van der Waals surface area (Å²) in [6.45, 7) is 1.93. The molecule has 28 heavy (non-hydrogen) atoms. The van der Waals surface area contributed by atoms with Crippen molar-refractivity contribution in [2.75, 3.05) is 26.2 Å². The van der Waals surface area contributed by atoms with Gasteiger partial charge in [-0.25, -0.2) is 4.79 Å². The van der Waals surface area contributed by atoms with E-state index >= 15 is 0 Å². The normalized spacial score (nSPS) is 14.0. The lowest BCUT2D eigenvalue weighted by atomic mass is 10.1. The lowest BCUT2D eigenvalue weighted by Gasteiger charge is -2.35. The molecule has 0 bridgehead atoms. The summed E-state index contributed by atoms with van der Waals surface area (Å²) in [5.74, 6) is -1.13. The zero-order valence-electron chi connectivity index (χ0n) is 15.7. The molecule has 3 rings (SSSR count). The number of hydrogen-bond donors (Lipinski definition) is 1. The summed E-state index contributed by atoms with van der Waals surface area (Å²) < 4.78 is 0. The van der Waals surface area contributed by atoms with Gasteiger partial charge in [0.25, 0.3) is 5.91 Å². The Bertz CT molecular complexity index is 843. The molecule has 2 amide bonds. The maximum absolute atomic E-state index is 12.6. The molecule has 1 aliphatic rings. The summed E-state index contributed by atoms with van der Waals surface area (Å²) >= 11 is 0. The molecular formula is C22H24N2O4. The summed E-state index contributed by atoms with van der Waals surface area (Å²) in [5, 5.41) is 9.07. The van der Waals surface area contributed by atoms with Crippen molar-refractivity contribution in [2.24, 2.45) is 0 Å². The lowest BCUT2D eigenvalue weighted by Crippen LogP contribution is -2.50. The minimum atomic E-state index is -1.06. The van der Waals surface area contributed by atoms with E-state index in [1.165, 1.54) is 17.7 Å².